The van der Waals surface area contributed by atoms with Gasteiger partial charge in [0.15, 0.2) is 0 Å². The molecule has 146 valence electrons. The Bertz CT molecular complexity index is 829. The lowest BCUT2D eigenvalue weighted by Gasteiger charge is -2.10. The van der Waals surface area contributed by atoms with Gasteiger partial charge in [-0.25, -0.2) is 0 Å². The molecule has 2 nitrogen and oxygen atoms in total. The summed E-state index contributed by atoms with van der Waals surface area (Å²) in [4.78, 5) is 0. The molecule has 3 rings (SSSR count). The first-order chi connectivity index (χ1) is 13.7. The van der Waals surface area contributed by atoms with Gasteiger partial charge in [-0.1, -0.05) is 78.4 Å². The second-order valence-electron chi connectivity index (χ2n) is 7.65. The number of aryl methyl sites for hydroxylation is 4. The SMILES string of the molecule is Cc1ccc(-c2ccc(CCc3ccc(CCC(CO)CO)cc3)cc2)cc1. The summed E-state index contributed by atoms with van der Waals surface area (Å²) in [6.07, 6.45) is 3.77. The van der Waals surface area contributed by atoms with Gasteiger partial charge in [0.1, 0.15) is 0 Å². The van der Waals surface area contributed by atoms with Gasteiger partial charge in [-0.05, 0) is 60.4 Å². The minimum atomic E-state index is -0.0115. The Labute approximate surface area is 168 Å². The summed E-state index contributed by atoms with van der Waals surface area (Å²) >= 11 is 0. The Balaban J connectivity index is 1.52. The minimum Gasteiger partial charge on any atom is -0.396 e. The molecule has 2 N–H and O–H groups in total. The van der Waals surface area contributed by atoms with E-state index in [0.29, 0.717) is 0 Å². The molecule has 0 unspecified atom stereocenters. The average Bonchev–Trinajstić information content (AvgIpc) is 2.75. The van der Waals surface area contributed by atoms with Crippen molar-refractivity contribution in [2.24, 2.45) is 5.92 Å². The molecule has 0 saturated heterocycles. The number of hydrogen-bond donors (Lipinski definition) is 2. The molecule has 0 saturated carbocycles. The third kappa shape index (κ3) is 5.79. The fourth-order valence-electron chi connectivity index (χ4n) is 3.38. The van der Waals surface area contributed by atoms with Crippen molar-refractivity contribution in [2.45, 2.75) is 32.6 Å². The van der Waals surface area contributed by atoms with Gasteiger partial charge in [0, 0.05) is 19.1 Å². The van der Waals surface area contributed by atoms with E-state index in [2.05, 4.69) is 79.7 Å². The van der Waals surface area contributed by atoms with Crippen LogP contribution in [0.5, 0.6) is 0 Å². The van der Waals surface area contributed by atoms with Crippen LogP contribution < -0.4 is 0 Å². The summed E-state index contributed by atoms with van der Waals surface area (Å²) in [5.41, 5.74) is 7.77. The van der Waals surface area contributed by atoms with E-state index >= 15 is 0 Å². The fraction of sp³-hybridized carbons (Fsp3) is 0.308. The highest BCUT2D eigenvalue weighted by molar-refractivity contribution is 5.63. The fourth-order valence-corrected chi connectivity index (χ4v) is 3.38. The van der Waals surface area contributed by atoms with E-state index < -0.39 is 0 Å². The predicted octanol–water partition coefficient (Wildman–Crippen LogP) is 4.98. The molecule has 0 fully saturated rings. The lowest BCUT2D eigenvalue weighted by molar-refractivity contribution is 0.144. The van der Waals surface area contributed by atoms with Gasteiger partial charge < -0.3 is 10.2 Å². The quantitative estimate of drug-likeness (QED) is 0.554. The zero-order valence-corrected chi connectivity index (χ0v) is 16.6. The maximum absolute atomic E-state index is 9.16. The molecule has 0 radical (unpaired) electrons. The molecule has 3 aromatic carbocycles. The van der Waals surface area contributed by atoms with Gasteiger partial charge in [0.2, 0.25) is 0 Å². The molecule has 0 aromatic heterocycles. The molecular weight excluding hydrogens is 344 g/mol. The van der Waals surface area contributed by atoms with E-state index in [1.165, 1.54) is 33.4 Å². The van der Waals surface area contributed by atoms with Crippen LogP contribution in [-0.2, 0) is 19.3 Å². The van der Waals surface area contributed by atoms with E-state index in [-0.39, 0.29) is 19.1 Å². The van der Waals surface area contributed by atoms with Crippen LogP contribution in [0, 0.1) is 12.8 Å². The molecule has 0 aliphatic rings. The van der Waals surface area contributed by atoms with Crippen molar-refractivity contribution in [3.05, 3.63) is 95.1 Å². The van der Waals surface area contributed by atoms with Crippen LogP contribution in [0.3, 0.4) is 0 Å². The van der Waals surface area contributed by atoms with Gasteiger partial charge >= 0.3 is 0 Å². The van der Waals surface area contributed by atoms with Crippen molar-refractivity contribution in [1.82, 2.24) is 0 Å². The molecule has 0 aliphatic heterocycles. The Morgan fingerprint density at radius 1 is 0.571 bits per heavy atom. The first-order valence-corrected chi connectivity index (χ1v) is 10.1. The number of aliphatic hydroxyl groups excluding tert-OH is 2. The first-order valence-electron chi connectivity index (χ1n) is 10.1. The Morgan fingerprint density at radius 3 is 1.43 bits per heavy atom. The molecule has 0 heterocycles. The third-order valence-electron chi connectivity index (χ3n) is 5.42. The van der Waals surface area contributed by atoms with Crippen LogP contribution >= 0.6 is 0 Å². The smallest absolute Gasteiger partial charge is 0.0481 e. The highest BCUT2D eigenvalue weighted by Crippen LogP contribution is 2.21. The number of rotatable bonds is 9. The minimum absolute atomic E-state index is 0.0115. The third-order valence-corrected chi connectivity index (χ3v) is 5.42. The molecule has 0 amide bonds. The van der Waals surface area contributed by atoms with E-state index in [1.54, 1.807) is 0 Å². The first kappa shape index (κ1) is 20.3. The van der Waals surface area contributed by atoms with Crippen LogP contribution in [0.2, 0.25) is 0 Å². The van der Waals surface area contributed by atoms with E-state index in [0.717, 1.165) is 25.7 Å². The Morgan fingerprint density at radius 2 is 0.964 bits per heavy atom. The average molecular weight is 375 g/mol. The summed E-state index contributed by atoms with van der Waals surface area (Å²) in [6, 6.07) is 26.3. The van der Waals surface area contributed by atoms with Crippen molar-refractivity contribution in [3.63, 3.8) is 0 Å². The van der Waals surface area contributed by atoms with Crippen molar-refractivity contribution < 1.29 is 10.2 Å². The van der Waals surface area contributed by atoms with Crippen molar-refractivity contribution >= 4 is 0 Å². The normalized spacial score (nSPS) is 11.1. The predicted molar refractivity (Wildman–Crippen MR) is 116 cm³/mol. The molecule has 0 spiro atoms. The van der Waals surface area contributed by atoms with Crippen LogP contribution in [0.1, 0.15) is 28.7 Å². The van der Waals surface area contributed by atoms with E-state index in [4.69, 9.17) is 10.2 Å². The number of aliphatic hydroxyl groups is 2. The highest BCUT2D eigenvalue weighted by Gasteiger charge is 2.06. The van der Waals surface area contributed by atoms with Crippen LogP contribution in [0.25, 0.3) is 11.1 Å². The highest BCUT2D eigenvalue weighted by atomic mass is 16.3. The van der Waals surface area contributed by atoms with Gasteiger partial charge in [-0.2, -0.15) is 0 Å². The molecule has 3 aromatic rings. The Kier molecular flexibility index (Phi) is 7.41. The van der Waals surface area contributed by atoms with Gasteiger partial charge in [0.25, 0.3) is 0 Å². The van der Waals surface area contributed by atoms with Gasteiger partial charge in [-0.3, -0.25) is 0 Å². The van der Waals surface area contributed by atoms with Crippen molar-refractivity contribution in [1.29, 1.82) is 0 Å². The topological polar surface area (TPSA) is 40.5 Å². The lowest BCUT2D eigenvalue weighted by atomic mass is 9.97. The van der Waals surface area contributed by atoms with Crippen molar-refractivity contribution in [3.8, 4) is 11.1 Å². The molecular formula is C26H30O2. The zero-order chi connectivity index (χ0) is 19.8. The van der Waals surface area contributed by atoms with E-state index in [1.807, 2.05) is 0 Å². The summed E-state index contributed by atoms with van der Waals surface area (Å²) < 4.78 is 0. The largest absolute Gasteiger partial charge is 0.396 e. The van der Waals surface area contributed by atoms with Gasteiger partial charge in [-0.15, -0.1) is 0 Å². The summed E-state index contributed by atoms with van der Waals surface area (Å²) in [5.74, 6) is -0.0115. The van der Waals surface area contributed by atoms with Crippen molar-refractivity contribution in [2.75, 3.05) is 13.2 Å². The zero-order valence-electron chi connectivity index (χ0n) is 16.6. The second-order valence-corrected chi connectivity index (χ2v) is 7.65. The summed E-state index contributed by atoms with van der Waals surface area (Å²) in [5, 5.41) is 18.3. The summed E-state index contributed by atoms with van der Waals surface area (Å²) in [6.45, 7) is 2.22. The number of hydrogen-bond acceptors (Lipinski definition) is 2. The lowest BCUT2D eigenvalue weighted by Crippen LogP contribution is -2.11. The molecule has 28 heavy (non-hydrogen) atoms. The van der Waals surface area contributed by atoms with Crippen LogP contribution in [0.15, 0.2) is 72.8 Å². The maximum Gasteiger partial charge on any atom is 0.0481 e. The maximum atomic E-state index is 9.16. The summed E-state index contributed by atoms with van der Waals surface area (Å²) in [7, 11) is 0. The van der Waals surface area contributed by atoms with E-state index in [9.17, 15) is 0 Å². The standard InChI is InChI=1S/C26H30O2/c1-20-2-14-25(15-3-20)26-16-12-23(13-17-26)9-8-21-4-6-22(7-5-21)10-11-24(18-27)19-28/h2-7,12-17,24,27-28H,8-11,18-19H2,1H3. The molecule has 0 atom stereocenters. The van der Waals surface area contributed by atoms with Crippen LogP contribution in [-0.4, -0.2) is 23.4 Å². The monoisotopic (exact) mass is 374 g/mol. The van der Waals surface area contributed by atoms with Crippen LogP contribution in [0.4, 0.5) is 0 Å². The molecule has 0 bridgehead atoms. The number of benzene rings is 3. The molecule has 0 aliphatic carbocycles. The molecule has 2 heteroatoms. The van der Waals surface area contributed by atoms with Gasteiger partial charge in [0.05, 0.1) is 0 Å². The Hall–Kier alpha value is -2.42. The second kappa shape index (κ2) is 10.2.